The molecule has 7 nitrogen and oxygen atoms in total. The lowest BCUT2D eigenvalue weighted by Crippen LogP contribution is -2.26. The highest BCUT2D eigenvalue weighted by atomic mass is 35.5. The molecule has 2 aromatic rings. The number of aromatic nitrogens is 2. The van der Waals surface area contributed by atoms with Crippen LogP contribution in [0.1, 0.15) is 23.7 Å². The molecular formula is C16H20ClFN4O3. The Bertz CT molecular complexity index is 871. The van der Waals surface area contributed by atoms with Crippen LogP contribution in [-0.4, -0.2) is 40.3 Å². The molecule has 0 aliphatic carbocycles. The highest BCUT2D eigenvalue weighted by Crippen LogP contribution is 2.26. The van der Waals surface area contributed by atoms with E-state index in [2.05, 4.69) is 4.98 Å². The molecular weight excluding hydrogens is 351 g/mol. The molecule has 9 heteroatoms. The van der Waals surface area contributed by atoms with Crippen molar-refractivity contribution >= 4 is 35.2 Å². The maximum atomic E-state index is 14.5. The maximum Gasteiger partial charge on any atom is 0.341 e. The fourth-order valence-corrected chi connectivity index (χ4v) is 3.11. The maximum absolute atomic E-state index is 14.5. The van der Waals surface area contributed by atoms with Crippen molar-refractivity contribution < 1.29 is 14.3 Å². The molecule has 3 rings (SSSR count). The molecule has 1 aliphatic heterocycles. The van der Waals surface area contributed by atoms with Crippen molar-refractivity contribution in [2.24, 2.45) is 11.7 Å². The molecule has 25 heavy (non-hydrogen) atoms. The third kappa shape index (κ3) is 3.32. The van der Waals surface area contributed by atoms with Crippen molar-refractivity contribution in [1.82, 2.24) is 9.55 Å². The lowest BCUT2D eigenvalue weighted by Gasteiger charge is -2.19. The number of anilines is 1. The van der Waals surface area contributed by atoms with E-state index in [0.29, 0.717) is 37.7 Å². The Labute approximate surface area is 149 Å². The topological polar surface area (TPSA) is 101 Å². The summed E-state index contributed by atoms with van der Waals surface area (Å²) in [5.74, 6) is -1.48. The number of aromatic carboxylic acids is 1. The summed E-state index contributed by atoms with van der Waals surface area (Å²) < 4.78 is 16.1. The fourth-order valence-electron chi connectivity index (χ4n) is 3.11. The summed E-state index contributed by atoms with van der Waals surface area (Å²) in [5.41, 5.74) is 4.86. The lowest BCUT2D eigenvalue weighted by atomic mass is 10.1. The van der Waals surface area contributed by atoms with E-state index in [1.165, 1.54) is 6.20 Å². The summed E-state index contributed by atoms with van der Waals surface area (Å²) in [6.07, 6.45) is 2.13. The minimum absolute atomic E-state index is 0. The van der Waals surface area contributed by atoms with Crippen molar-refractivity contribution in [1.29, 1.82) is 0 Å². The molecule has 0 bridgehead atoms. The fraction of sp³-hybridized carbons (Fsp3) is 0.438. The van der Waals surface area contributed by atoms with E-state index in [0.717, 1.165) is 12.5 Å². The van der Waals surface area contributed by atoms with E-state index >= 15 is 0 Å². The van der Waals surface area contributed by atoms with Gasteiger partial charge in [-0.25, -0.2) is 14.2 Å². The number of nitrogens with two attached hydrogens (primary N) is 1. The summed E-state index contributed by atoms with van der Waals surface area (Å²) in [7, 11) is 0. The van der Waals surface area contributed by atoms with Crippen LogP contribution in [0.5, 0.6) is 0 Å². The SMILES string of the molecule is CCn1cc(C(=O)O)c(=O)c2cc(F)c(N3CCC(CN)C3)nc21.Cl. The standard InChI is InChI=1S/C16H19FN4O3.ClH/c1-2-20-8-11(16(23)24)13(22)10-5-12(17)15(19-14(10)20)21-4-3-9(6-18)7-21;/h5,8-9H,2-4,6-7,18H2,1H3,(H,23,24);1H. The van der Waals surface area contributed by atoms with Crippen LogP contribution in [-0.2, 0) is 6.54 Å². The minimum Gasteiger partial charge on any atom is -0.477 e. The van der Waals surface area contributed by atoms with Gasteiger partial charge in [-0.3, -0.25) is 4.79 Å². The van der Waals surface area contributed by atoms with Crippen LogP contribution in [0.4, 0.5) is 10.2 Å². The smallest absolute Gasteiger partial charge is 0.341 e. The zero-order valence-electron chi connectivity index (χ0n) is 13.7. The van der Waals surface area contributed by atoms with Crippen molar-refractivity contribution in [3.05, 3.63) is 33.9 Å². The number of carboxylic acids is 1. The lowest BCUT2D eigenvalue weighted by molar-refractivity contribution is 0.0695. The molecule has 136 valence electrons. The Kier molecular flexibility index (Phi) is 5.64. The zero-order valence-corrected chi connectivity index (χ0v) is 14.6. The average molecular weight is 371 g/mol. The number of carboxylic acid groups (broad SMARTS) is 1. The zero-order chi connectivity index (χ0) is 17.4. The van der Waals surface area contributed by atoms with Gasteiger partial charge in [-0.1, -0.05) is 0 Å². The number of hydrogen-bond acceptors (Lipinski definition) is 5. The van der Waals surface area contributed by atoms with Gasteiger partial charge in [0.25, 0.3) is 0 Å². The minimum atomic E-state index is -1.33. The van der Waals surface area contributed by atoms with E-state index in [4.69, 9.17) is 10.8 Å². The average Bonchev–Trinajstić information content (AvgIpc) is 3.03. The van der Waals surface area contributed by atoms with Crippen LogP contribution in [0.3, 0.4) is 0 Å². The van der Waals surface area contributed by atoms with Crippen LogP contribution in [0, 0.1) is 11.7 Å². The number of nitrogens with zero attached hydrogens (tertiary/aromatic N) is 3. The summed E-state index contributed by atoms with van der Waals surface area (Å²) >= 11 is 0. The Morgan fingerprint density at radius 3 is 2.80 bits per heavy atom. The second kappa shape index (κ2) is 7.37. The predicted octanol–water partition coefficient (Wildman–Crippen LogP) is 1.46. The number of halogens is 2. The Hall–Kier alpha value is -2.19. The highest BCUT2D eigenvalue weighted by molar-refractivity contribution is 5.92. The second-order valence-electron chi connectivity index (χ2n) is 5.96. The van der Waals surface area contributed by atoms with Gasteiger partial charge in [-0.2, -0.15) is 0 Å². The monoisotopic (exact) mass is 370 g/mol. The first-order valence-corrected chi connectivity index (χ1v) is 7.88. The van der Waals surface area contributed by atoms with E-state index in [1.807, 2.05) is 4.90 Å². The first-order valence-electron chi connectivity index (χ1n) is 7.88. The van der Waals surface area contributed by atoms with Crippen molar-refractivity contribution in [2.75, 3.05) is 24.5 Å². The molecule has 0 spiro atoms. The Morgan fingerprint density at radius 2 is 2.24 bits per heavy atom. The molecule has 0 aromatic carbocycles. The number of carbonyl (C=O) groups is 1. The van der Waals surface area contributed by atoms with E-state index in [9.17, 15) is 14.0 Å². The van der Waals surface area contributed by atoms with Crippen LogP contribution in [0.25, 0.3) is 11.0 Å². The van der Waals surface area contributed by atoms with Gasteiger partial charge in [0, 0.05) is 25.8 Å². The van der Waals surface area contributed by atoms with Crippen molar-refractivity contribution in [2.45, 2.75) is 19.9 Å². The van der Waals surface area contributed by atoms with Gasteiger partial charge < -0.3 is 20.3 Å². The molecule has 0 saturated carbocycles. The van der Waals surface area contributed by atoms with Gasteiger partial charge in [0.15, 0.2) is 11.6 Å². The van der Waals surface area contributed by atoms with Gasteiger partial charge in [0.2, 0.25) is 5.43 Å². The quantitative estimate of drug-likeness (QED) is 0.844. The van der Waals surface area contributed by atoms with Crippen LogP contribution in [0.15, 0.2) is 17.1 Å². The predicted molar refractivity (Wildman–Crippen MR) is 95.2 cm³/mol. The van der Waals surface area contributed by atoms with E-state index in [1.54, 1.807) is 11.5 Å². The molecule has 1 fully saturated rings. The number of pyridine rings is 2. The van der Waals surface area contributed by atoms with Gasteiger partial charge >= 0.3 is 5.97 Å². The van der Waals surface area contributed by atoms with Crippen LogP contribution >= 0.6 is 12.4 Å². The summed E-state index contributed by atoms with van der Waals surface area (Å²) in [6.45, 7) is 4.03. The summed E-state index contributed by atoms with van der Waals surface area (Å²) in [6, 6.07) is 1.09. The van der Waals surface area contributed by atoms with Crippen LogP contribution in [0.2, 0.25) is 0 Å². The van der Waals surface area contributed by atoms with Gasteiger partial charge in [-0.15, -0.1) is 12.4 Å². The molecule has 1 atom stereocenters. The Balaban J connectivity index is 0.00000225. The van der Waals surface area contributed by atoms with Gasteiger partial charge in [0.1, 0.15) is 11.2 Å². The number of fused-ring (bicyclic) bond motifs is 1. The molecule has 1 saturated heterocycles. The van der Waals surface area contributed by atoms with Crippen molar-refractivity contribution in [3.8, 4) is 0 Å². The molecule has 0 radical (unpaired) electrons. The highest BCUT2D eigenvalue weighted by Gasteiger charge is 2.26. The molecule has 2 aromatic heterocycles. The van der Waals surface area contributed by atoms with Gasteiger partial charge in [0.05, 0.1) is 5.39 Å². The summed E-state index contributed by atoms with van der Waals surface area (Å²) in [4.78, 5) is 29.7. The second-order valence-corrected chi connectivity index (χ2v) is 5.96. The third-order valence-corrected chi connectivity index (χ3v) is 4.47. The van der Waals surface area contributed by atoms with Crippen LogP contribution < -0.4 is 16.1 Å². The largest absolute Gasteiger partial charge is 0.477 e. The molecule has 3 N–H and O–H groups in total. The first kappa shape index (κ1) is 19.1. The number of hydrogen-bond donors (Lipinski definition) is 2. The number of aryl methyl sites for hydroxylation is 1. The third-order valence-electron chi connectivity index (χ3n) is 4.47. The van der Waals surface area contributed by atoms with E-state index < -0.39 is 17.2 Å². The number of rotatable bonds is 4. The van der Waals surface area contributed by atoms with Gasteiger partial charge in [-0.05, 0) is 31.9 Å². The first-order chi connectivity index (χ1) is 11.5. The van der Waals surface area contributed by atoms with Crippen molar-refractivity contribution in [3.63, 3.8) is 0 Å². The normalized spacial score (nSPS) is 16.9. The summed E-state index contributed by atoms with van der Waals surface area (Å²) in [5, 5.41) is 9.13. The molecule has 3 heterocycles. The Morgan fingerprint density at radius 1 is 1.52 bits per heavy atom. The molecule has 0 amide bonds. The molecule has 1 unspecified atom stereocenters. The van der Waals surface area contributed by atoms with E-state index in [-0.39, 0.29) is 29.2 Å². The molecule has 1 aliphatic rings.